The molecule has 2 bridgehead atoms. The Bertz CT molecular complexity index is 1900. The SMILES string of the molecule is Nc1nc2c(ncn2[C@@H]2O[C@@H]3COPC[C@@H]4[C@H](O)[C@@H](CO[P@@](=O)(S)O[C@H]3[C@H]2O)O[C@H]4n2cnc3c(=O)[nH]c(N)nc32)c(=O)[nH]1. The number of nitrogens with one attached hydrogen (secondary N) is 2. The van der Waals surface area contributed by atoms with E-state index in [1.54, 1.807) is 0 Å². The van der Waals surface area contributed by atoms with Crippen LogP contribution in [0.1, 0.15) is 12.5 Å². The van der Waals surface area contributed by atoms with Crippen LogP contribution in [-0.2, 0) is 27.6 Å². The molecule has 3 aliphatic rings. The number of aromatic nitrogens is 8. The lowest BCUT2D eigenvalue weighted by Crippen LogP contribution is -2.35. The average molecular weight is 673 g/mol. The number of H-pyrrole nitrogens is 2. The van der Waals surface area contributed by atoms with Crippen LogP contribution in [0.25, 0.3) is 22.3 Å². The quantitative estimate of drug-likeness (QED) is 0.0953. The van der Waals surface area contributed by atoms with Gasteiger partial charge in [0.15, 0.2) is 28.6 Å². The predicted octanol–water partition coefficient (Wildman–Crippen LogP) is -1.39. The molecular weight excluding hydrogens is 646 g/mol. The molecule has 1 unspecified atom stereocenters. The molecule has 3 aliphatic heterocycles. The van der Waals surface area contributed by atoms with E-state index < -0.39 is 73.4 Å². The van der Waals surface area contributed by atoms with Crippen molar-refractivity contribution in [3.63, 3.8) is 0 Å². The number of thiol groups is 1. The average Bonchev–Trinajstić information content (AvgIpc) is 3.71. The topological polar surface area (TPSA) is 283 Å². The van der Waals surface area contributed by atoms with Gasteiger partial charge in [-0.15, -0.1) is 0 Å². The van der Waals surface area contributed by atoms with E-state index in [2.05, 4.69) is 42.2 Å². The third-order valence-electron chi connectivity index (χ3n) is 7.58. The summed E-state index contributed by atoms with van der Waals surface area (Å²) < 4.78 is 45.5. The molecule has 0 saturated carbocycles. The monoisotopic (exact) mass is 672 g/mol. The smallest absolute Gasteiger partial charge is 0.386 e. The van der Waals surface area contributed by atoms with Crippen LogP contribution >= 0.6 is 27.9 Å². The third kappa shape index (κ3) is 5.12. The number of imidazole rings is 2. The molecule has 8 N–H and O–H groups in total. The summed E-state index contributed by atoms with van der Waals surface area (Å²) in [7, 11) is -0.208. The zero-order chi connectivity index (χ0) is 30.9. The first-order valence-electron chi connectivity index (χ1n) is 13.1. The van der Waals surface area contributed by atoms with Gasteiger partial charge >= 0.3 is 6.80 Å². The number of anilines is 2. The molecule has 0 aliphatic carbocycles. The Balaban J connectivity index is 1.16. The van der Waals surface area contributed by atoms with Gasteiger partial charge in [-0.1, -0.05) is 12.2 Å². The maximum Gasteiger partial charge on any atom is 0.386 e. The first-order valence-corrected chi connectivity index (χ1v) is 16.9. The number of rotatable bonds is 2. The van der Waals surface area contributed by atoms with Crippen molar-refractivity contribution < 1.29 is 37.8 Å². The molecule has 7 rings (SSSR count). The summed E-state index contributed by atoms with van der Waals surface area (Å²) in [6, 6.07) is 0. The molecule has 3 fully saturated rings. The second kappa shape index (κ2) is 11.1. The van der Waals surface area contributed by atoms with Gasteiger partial charge in [-0.25, -0.2) is 14.5 Å². The van der Waals surface area contributed by atoms with Crippen LogP contribution in [0.15, 0.2) is 22.2 Å². The molecule has 7 heterocycles. The van der Waals surface area contributed by atoms with E-state index in [-0.39, 0.29) is 55.8 Å². The zero-order valence-corrected chi connectivity index (χ0v) is 25.1. The summed E-state index contributed by atoms with van der Waals surface area (Å²) in [4.78, 5) is 45.7. The number of aromatic amines is 2. The molecule has 236 valence electrons. The van der Waals surface area contributed by atoms with Crippen LogP contribution in [0.5, 0.6) is 0 Å². The third-order valence-corrected chi connectivity index (χ3v) is 10.2. The normalized spacial score (nSPS) is 35.4. The largest absolute Gasteiger partial charge is 0.390 e. The van der Waals surface area contributed by atoms with E-state index in [1.807, 2.05) is 0 Å². The maximum absolute atomic E-state index is 13.4. The van der Waals surface area contributed by atoms with Crippen LogP contribution in [0.2, 0.25) is 0 Å². The number of aliphatic hydroxyl groups is 2. The van der Waals surface area contributed by atoms with E-state index in [9.17, 15) is 24.4 Å². The number of ether oxygens (including phenoxy) is 2. The van der Waals surface area contributed by atoms with Crippen molar-refractivity contribution in [2.24, 2.45) is 5.92 Å². The Morgan fingerprint density at radius 1 is 0.932 bits per heavy atom. The number of nitrogens with zero attached hydrogens (tertiary/aromatic N) is 6. The summed E-state index contributed by atoms with van der Waals surface area (Å²) in [5.41, 5.74) is 10.5. The lowest BCUT2D eigenvalue weighted by molar-refractivity contribution is -0.0484. The fourth-order valence-corrected chi connectivity index (χ4v) is 8.08. The van der Waals surface area contributed by atoms with Crippen molar-refractivity contribution in [2.75, 3.05) is 30.8 Å². The summed E-state index contributed by atoms with van der Waals surface area (Å²) in [5, 5.41) is 22.4. The van der Waals surface area contributed by atoms with Crippen molar-refractivity contribution in [3.8, 4) is 0 Å². The highest BCUT2D eigenvalue weighted by Gasteiger charge is 2.51. The summed E-state index contributed by atoms with van der Waals surface area (Å²) >= 11 is 4.09. The van der Waals surface area contributed by atoms with E-state index in [4.69, 9.17) is 34.5 Å². The fourth-order valence-electron chi connectivity index (χ4n) is 5.56. The minimum atomic E-state index is -4.22. The van der Waals surface area contributed by atoms with Crippen LogP contribution in [-0.4, -0.2) is 99.1 Å². The molecule has 0 radical (unpaired) electrons. The Morgan fingerprint density at radius 3 is 2.16 bits per heavy atom. The molecule has 0 spiro atoms. The van der Waals surface area contributed by atoms with Crippen molar-refractivity contribution in [1.29, 1.82) is 0 Å². The van der Waals surface area contributed by atoms with Gasteiger partial charge < -0.3 is 35.7 Å². The van der Waals surface area contributed by atoms with Crippen LogP contribution in [0, 0.1) is 5.92 Å². The Morgan fingerprint density at radius 2 is 1.52 bits per heavy atom. The molecule has 4 aromatic rings. The van der Waals surface area contributed by atoms with E-state index in [0.717, 1.165) is 0 Å². The molecule has 10 atom stereocenters. The highest BCUT2D eigenvalue weighted by atomic mass is 32.7. The second-order valence-corrected chi connectivity index (χ2v) is 14.2. The van der Waals surface area contributed by atoms with Crippen molar-refractivity contribution >= 4 is 62.1 Å². The van der Waals surface area contributed by atoms with Gasteiger partial charge in [-0.05, 0) is 6.16 Å². The van der Waals surface area contributed by atoms with E-state index >= 15 is 0 Å². The fraction of sp³-hybridized carbons (Fsp3) is 0.524. The van der Waals surface area contributed by atoms with Crippen molar-refractivity contribution in [3.05, 3.63) is 33.4 Å². The van der Waals surface area contributed by atoms with Gasteiger partial charge in [0.05, 0.1) is 32.0 Å². The number of fused-ring (bicyclic) bond motifs is 5. The van der Waals surface area contributed by atoms with E-state index in [1.165, 1.54) is 21.8 Å². The Labute approximate surface area is 252 Å². The highest BCUT2D eigenvalue weighted by Crippen LogP contribution is 2.57. The van der Waals surface area contributed by atoms with Gasteiger partial charge in [0, 0.05) is 14.7 Å². The Hall–Kier alpha value is -2.97. The van der Waals surface area contributed by atoms with Gasteiger partial charge in [0.25, 0.3) is 11.1 Å². The van der Waals surface area contributed by atoms with Gasteiger partial charge in [-0.3, -0.25) is 37.7 Å². The lowest BCUT2D eigenvalue weighted by Gasteiger charge is -2.25. The van der Waals surface area contributed by atoms with Crippen LogP contribution < -0.4 is 22.6 Å². The minimum Gasteiger partial charge on any atom is -0.390 e. The first-order chi connectivity index (χ1) is 21.0. The molecule has 0 aromatic carbocycles. The van der Waals surface area contributed by atoms with E-state index in [0.29, 0.717) is 0 Å². The number of aliphatic hydroxyl groups excluding tert-OH is 2. The summed E-state index contributed by atoms with van der Waals surface area (Å²) in [6.45, 7) is -4.75. The van der Waals surface area contributed by atoms with Crippen LogP contribution in [0.4, 0.5) is 11.9 Å². The summed E-state index contributed by atoms with van der Waals surface area (Å²) in [6.07, 6.45) is -4.97. The minimum absolute atomic E-state index is 0.0304. The molecule has 23 heteroatoms. The second-order valence-electron chi connectivity index (χ2n) is 10.3. The number of nitrogens with two attached hydrogens (primary N) is 2. The van der Waals surface area contributed by atoms with Crippen molar-refractivity contribution in [2.45, 2.75) is 43.0 Å². The number of hydrogen-bond donors (Lipinski definition) is 7. The first kappa shape index (κ1) is 29.7. The summed E-state index contributed by atoms with van der Waals surface area (Å²) in [5.74, 6) is -0.894. The standard InChI is InChI=1S/C21H26N10O10P2S/c22-20-26-14-9(16(34)28-20)24-4-30(14)18-6-3-42-37-1-8-13(41-43(36,44)38-2-7(39-18)11(6)32)12(33)19(40-8)31-5-25-10-15(31)27-21(23)29-17(10)35/h4-8,11-13,18-19,32-33,42H,1-3H2,(H,36,44)(H3,22,26,28,34)(H3,23,27,29,35)/t6-,7-,8-,11+,12-,13-,18-,19-,43-/m1/s1. The molecule has 20 nitrogen and oxygen atoms in total. The molecule has 44 heavy (non-hydrogen) atoms. The van der Waals surface area contributed by atoms with Crippen molar-refractivity contribution in [1.82, 2.24) is 39.0 Å². The maximum atomic E-state index is 13.4. The van der Waals surface area contributed by atoms with Gasteiger partial charge in [-0.2, -0.15) is 9.97 Å². The van der Waals surface area contributed by atoms with Gasteiger partial charge in [0.2, 0.25) is 11.9 Å². The molecular formula is C21H26N10O10P2S. The zero-order valence-electron chi connectivity index (χ0n) is 22.3. The van der Waals surface area contributed by atoms with Crippen LogP contribution in [0.3, 0.4) is 0 Å². The highest BCUT2D eigenvalue weighted by molar-refractivity contribution is 8.44. The number of hydrogen-bond acceptors (Lipinski definition) is 16. The molecule has 3 saturated heterocycles. The predicted molar refractivity (Wildman–Crippen MR) is 155 cm³/mol. The molecule has 4 aromatic heterocycles. The number of nitrogen functional groups attached to an aromatic ring is 2. The Kier molecular flexibility index (Phi) is 7.52. The lowest BCUT2D eigenvalue weighted by atomic mass is 10.0. The molecule has 0 amide bonds. The van der Waals surface area contributed by atoms with Gasteiger partial charge in [0.1, 0.15) is 30.6 Å².